The third-order valence-electron chi connectivity index (χ3n) is 3.50. The van der Waals surface area contributed by atoms with Crippen molar-refractivity contribution in [1.82, 2.24) is 10.2 Å². The fraction of sp³-hybridized carbons (Fsp3) is 0.857. The summed E-state index contributed by atoms with van der Waals surface area (Å²) in [5.41, 5.74) is 0.260. The van der Waals surface area contributed by atoms with Crippen molar-refractivity contribution in [2.75, 3.05) is 26.2 Å². The van der Waals surface area contributed by atoms with Crippen LogP contribution in [0.2, 0.25) is 0 Å². The third-order valence-corrected chi connectivity index (χ3v) is 3.50. The Hall–Kier alpha value is -0.340. The second kappa shape index (κ2) is 6.41. The molecule has 1 N–H and O–H groups in total. The zero-order valence-corrected chi connectivity index (χ0v) is 11.3. The zero-order chi connectivity index (χ0) is 12.0. The van der Waals surface area contributed by atoms with E-state index in [9.17, 15) is 0 Å². The standard InChI is InChI=1S/C14H28N2/c1-5-10-16(14(2,3)4)11-8-13-7-6-9-15-12-13/h5,13,15H,1,6-12H2,2-4H3. The molecule has 1 aliphatic heterocycles. The Balaban J connectivity index is 2.33. The first-order valence-electron chi connectivity index (χ1n) is 6.60. The Morgan fingerprint density at radius 3 is 2.69 bits per heavy atom. The van der Waals surface area contributed by atoms with Gasteiger partial charge < -0.3 is 5.32 Å². The lowest BCUT2D eigenvalue weighted by molar-refractivity contribution is 0.140. The first-order chi connectivity index (χ1) is 7.54. The fourth-order valence-corrected chi connectivity index (χ4v) is 2.37. The van der Waals surface area contributed by atoms with E-state index in [0.717, 1.165) is 12.5 Å². The second-order valence-corrected chi connectivity index (χ2v) is 5.91. The summed E-state index contributed by atoms with van der Waals surface area (Å²) in [6.45, 7) is 15.3. The van der Waals surface area contributed by atoms with Crippen molar-refractivity contribution in [3.8, 4) is 0 Å². The third kappa shape index (κ3) is 4.67. The molecule has 0 amide bonds. The summed E-state index contributed by atoms with van der Waals surface area (Å²) in [5.74, 6) is 0.878. The van der Waals surface area contributed by atoms with Gasteiger partial charge in [-0.1, -0.05) is 6.08 Å². The van der Waals surface area contributed by atoms with E-state index in [1.54, 1.807) is 0 Å². The molecule has 1 fully saturated rings. The van der Waals surface area contributed by atoms with E-state index in [2.05, 4.69) is 37.6 Å². The molecular formula is C14H28N2. The molecule has 1 heterocycles. The molecular weight excluding hydrogens is 196 g/mol. The average Bonchev–Trinajstić information content (AvgIpc) is 2.24. The molecule has 0 aromatic carbocycles. The molecule has 0 radical (unpaired) electrons. The van der Waals surface area contributed by atoms with E-state index in [1.165, 1.54) is 38.9 Å². The van der Waals surface area contributed by atoms with Crippen molar-refractivity contribution in [3.05, 3.63) is 12.7 Å². The van der Waals surface area contributed by atoms with Gasteiger partial charge in [-0.3, -0.25) is 4.90 Å². The molecule has 1 rings (SSSR count). The Kier molecular flexibility index (Phi) is 5.50. The van der Waals surface area contributed by atoms with Crippen LogP contribution in [0.25, 0.3) is 0 Å². The molecule has 2 heteroatoms. The highest BCUT2D eigenvalue weighted by atomic mass is 15.2. The minimum atomic E-state index is 0.260. The number of hydrogen-bond acceptors (Lipinski definition) is 2. The number of hydrogen-bond donors (Lipinski definition) is 1. The fourth-order valence-electron chi connectivity index (χ4n) is 2.37. The predicted molar refractivity (Wildman–Crippen MR) is 71.7 cm³/mol. The quantitative estimate of drug-likeness (QED) is 0.722. The highest BCUT2D eigenvalue weighted by Gasteiger charge is 2.21. The molecule has 0 aromatic rings. The van der Waals surface area contributed by atoms with Crippen molar-refractivity contribution < 1.29 is 0 Å². The summed E-state index contributed by atoms with van der Waals surface area (Å²) in [7, 11) is 0. The minimum Gasteiger partial charge on any atom is -0.316 e. The second-order valence-electron chi connectivity index (χ2n) is 5.91. The maximum absolute atomic E-state index is 3.85. The van der Waals surface area contributed by atoms with Gasteiger partial charge >= 0.3 is 0 Å². The lowest BCUT2D eigenvalue weighted by atomic mass is 9.95. The van der Waals surface area contributed by atoms with Gasteiger partial charge in [0.1, 0.15) is 0 Å². The SMILES string of the molecule is C=CCN(CCC1CCCNC1)C(C)(C)C. The number of rotatable bonds is 5. The van der Waals surface area contributed by atoms with E-state index in [4.69, 9.17) is 0 Å². The summed E-state index contributed by atoms with van der Waals surface area (Å²) < 4.78 is 0. The molecule has 1 aliphatic rings. The van der Waals surface area contributed by atoms with Crippen molar-refractivity contribution in [3.63, 3.8) is 0 Å². The van der Waals surface area contributed by atoms with Gasteiger partial charge in [0.2, 0.25) is 0 Å². The minimum absolute atomic E-state index is 0.260. The summed E-state index contributed by atoms with van der Waals surface area (Å²) in [6.07, 6.45) is 6.09. The van der Waals surface area contributed by atoms with Crippen LogP contribution in [0.5, 0.6) is 0 Å². The average molecular weight is 224 g/mol. The number of nitrogens with one attached hydrogen (secondary N) is 1. The van der Waals surface area contributed by atoms with Crippen molar-refractivity contribution >= 4 is 0 Å². The summed E-state index contributed by atoms with van der Waals surface area (Å²) in [6, 6.07) is 0. The van der Waals surface area contributed by atoms with Crippen LogP contribution in [0.3, 0.4) is 0 Å². The molecule has 0 spiro atoms. The van der Waals surface area contributed by atoms with Gasteiger partial charge in [-0.15, -0.1) is 6.58 Å². The number of piperidine rings is 1. The number of nitrogens with zero attached hydrogens (tertiary/aromatic N) is 1. The summed E-state index contributed by atoms with van der Waals surface area (Å²) in [5, 5.41) is 3.49. The Labute approximate surface area is 101 Å². The van der Waals surface area contributed by atoms with Gasteiger partial charge in [0, 0.05) is 12.1 Å². The molecule has 1 unspecified atom stereocenters. The highest BCUT2D eigenvalue weighted by Crippen LogP contribution is 2.18. The molecule has 0 bridgehead atoms. The monoisotopic (exact) mass is 224 g/mol. The Morgan fingerprint density at radius 1 is 1.44 bits per heavy atom. The van der Waals surface area contributed by atoms with Crippen molar-refractivity contribution in [1.29, 1.82) is 0 Å². The van der Waals surface area contributed by atoms with E-state index >= 15 is 0 Å². The lowest BCUT2D eigenvalue weighted by Gasteiger charge is -2.36. The van der Waals surface area contributed by atoms with Crippen molar-refractivity contribution in [2.24, 2.45) is 5.92 Å². The topological polar surface area (TPSA) is 15.3 Å². The van der Waals surface area contributed by atoms with Gasteiger partial charge in [0.15, 0.2) is 0 Å². The van der Waals surface area contributed by atoms with Gasteiger partial charge in [-0.05, 0) is 65.6 Å². The van der Waals surface area contributed by atoms with Crippen LogP contribution >= 0.6 is 0 Å². The van der Waals surface area contributed by atoms with Gasteiger partial charge in [0.05, 0.1) is 0 Å². The van der Waals surface area contributed by atoms with E-state index in [1.807, 2.05) is 6.08 Å². The van der Waals surface area contributed by atoms with E-state index in [-0.39, 0.29) is 5.54 Å². The highest BCUT2D eigenvalue weighted by molar-refractivity contribution is 4.83. The Bertz CT molecular complexity index is 199. The molecule has 0 aliphatic carbocycles. The molecule has 0 saturated carbocycles. The largest absolute Gasteiger partial charge is 0.316 e. The maximum Gasteiger partial charge on any atom is 0.0165 e. The van der Waals surface area contributed by atoms with Gasteiger partial charge in [-0.25, -0.2) is 0 Å². The Morgan fingerprint density at radius 2 is 2.19 bits per heavy atom. The van der Waals surface area contributed by atoms with Gasteiger partial charge in [-0.2, -0.15) is 0 Å². The van der Waals surface area contributed by atoms with Gasteiger partial charge in [0.25, 0.3) is 0 Å². The van der Waals surface area contributed by atoms with Crippen LogP contribution in [-0.4, -0.2) is 36.6 Å². The van der Waals surface area contributed by atoms with Crippen LogP contribution in [0.15, 0.2) is 12.7 Å². The maximum atomic E-state index is 3.85. The van der Waals surface area contributed by atoms with E-state index in [0.29, 0.717) is 0 Å². The first kappa shape index (κ1) is 13.7. The normalized spacial score (nSPS) is 22.4. The van der Waals surface area contributed by atoms with Crippen LogP contribution in [0.4, 0.5) is 0 Å². The van der Waals surface area contributed by atoms with Crippen LogP contribution in [0, 0.1) is 5.92 Å². The summed E-state index contributed by atoms with van der Waals surface area (Å²) >= 11 is 0. The molecule has 16 heavy (non-hydrogen) atoms. The summed E-state index contributed by atoms with van der Waals surface area (Å²) in [4.78, 5) is 2.52. The van der Waals surface area contributed by atoms with E-state index < -0.39 is 0 Å². The molecule has 94 valence electrons. The van der Waals surface area contributed by atoms with Crippen LogP contribution < -0.4 is 5.32 Å². The molecule has 1 atom stereocenters. The van der Waals surface area contributed by atoms with Crippen LogP contribution in [-0.2, 0) is 0 Å². The molecule has 1 saturated heterocycles. The lowest BCUT2D eigenvalue weighted by Crippen LogP contribution is -2.43. The van der Waals surface area contributed by atoms with Crippen molar-refractivity contribution in [2.45, 2.75) is 45.6 Å². The molecule has 2 nitrogen and oxygen atoms in total. The molecule has 0 aromatic heterocycles. The van der Waals surface area contributed by atoms with Crippen LogP contribution in [0.1, 0.15) is 40.0 Å². The first-order valence-corrected chi connectivity index (χ1v) is 6.60. The zero-order valence-electron chi connectivity index (χ0n) is 11.3. The predicted octanol–water partition coefficient (Wildman–Crippen LogP) is 2.66. The smallest absolute Gasteiger partial charge is 0.0165 e.